The number of carbonyl (C=O) groups is 1. The van der Waals surface area contributed by atoms with Crippen LogP contribution in [0.4, 0.5) is 5.69 Å². The quantitative estimate of drug-likeness (QED) is 0.433. The number of fused-ring (bicyclic) bond motifs is 1. The fourth-order valence-electron chi connectivity index (χ4n) is 2.73. The average Bonchev–Trinajstić information content (AvgIpc) is 2.57. The number of aryl methyl sites for hydroxylation is 1. The molecular formula is C18H24N2O4. The predicted molar refractivity (Wildman–Crippen MR) is 94.6 cm³/mol. The van der Waals surface area contributed by atoms with Crippen molar-refractivity contribution in [3.05, 3.63) is 28.6 Å². The minimum Gasteiger partial charge on any atom is -0.489 e. The fraction of sp³-hybridized carbons (Fsp3) is 0.444. The van der Waals surface area contributed by atoms with Crippen LogP contribution in [-0.2, 0) is 11.3 Å². The van der Waals surface area contributed by atoms with Gasteiger partial charge in [0.25, 0.3) is 12.0 Å². The highest BCUT2D eigenvalue weighted by Gasteiger charge is 2.19. The molecule has 0 saturated heterocycles. The number of aromatic nitrogens is 1. The van der Waals surface area contributed by atoms with Gasteiger partial charge in [0.05, 0.1) is 12.1 Å². The zero-order chi connectivity index (χ0) is 17.5. The molecule has 1 heterocycles. The first-order valence-electron chi connectivity index (χ1n) is 8.33. The van der Waals surface area contributed by atoms with Crippen molar-refractivity contribution in [3.8, 4) is 11.5 Å². The Morgan fingerprint density at radius 1 is 1.17 bits per heavy atom. The molecule has 0 amide bonds. The number of benzene rings is 1. The van der Waals surface area contributed by atoms with E-state index in [-0.39, 0.29) is 12.2 Å². The van der Waals surface area contributed by atoms with Crippen molar-refractivity contribution in [2.75, 3.05) is 12.3 Å². The molecule has 0 radical (unpaired) electrons. The molecule has 0 aliphatic heterocycles. The summed E-state index contributed by atoms with van der Waals surface area (Å²) in [5.74, 6) is 0.239. The Labute approximate surface area is 141 Å². The summed E-state index contributed by atoms with van der Waals surface area (Å²) in [7, 11) is 0. The first-order valence-corrected chi connectivity index (χ1v) is 8.33. The van der Waals surface area contributed by atoms with Crippen LogP contribution in [0.2, 0.25) is 0 Å². The van der Waals surface area contributed by atoms with E-state index in [0.29, 0.717) is 35.5 Å². The van der Waals surface area contributed by atoms with E-state index in [1.807, 2.05) is 6.92 Å². The summed E-state index contributed by atoms with van der Waals surface area (Å²) in [6, 6.07) is 5.26. The van der Waals surface area contributed by atoms with Crippen molar-refractivity contribution in [2.24, 2.45) is 0 Å². The summed E-state index contributed by atoms with van der Waals surface area (Å²) in [4.78, 5) is 23.5. The zero-order valence-corrected chi connectivity index (χ0v) is 14.2. The van der Waals surface area contributed by atoms with Crippen LogP contribution in [0.25, 0.3) is 10.9 Å². The number of rotatable bonds is 9. The SMILES string of the molecule is CCCCCCOc1c(OC=O)c(=O)n(CC)c2cc(N)ccc12. The molecule has 2 aromatic rings. The minimum absolute atomic E-state index is 0.0698. The molecule has 24 heavy (non-hydrogen) atoms. The minimum atomic E-state index is -0.397. The van der Waals surface area contributed by atoms with Gasteiger partial charge in [-0.2, -0.15) is 0 Å². The molecule has 0 saturated carbocycles. The lowest BCUT2D eigenvalue weighted by Crippen LogP contribution is -2.23. The summed E-state index contributed by atoms with van der Waals surface area (Å²) in [6.45, 7) is 5.14. The van der Waals surface area contributed by atoms with Crippen LogP contribution >= 0.6 is 0 Å². The topological polar surface area (TPSA) is 83.5 Å². The molecule has 1 aromatic carbocycles. The second kappa shape index (κ2) is 8.38. The van der Waals surface area contributed by atoms with Crippen LogP contribution in [0.5, 0.6) is 11.5 Å². The molecule has 0 bridgehead atoms. The molecular weight excluding hydrogens is 308 g/mol. The van der Waals surface area contributed by atoms with E-state index in [0.717, 1.165) is 25.7 Å². The number of anilines is 1. The van der Waals surface area contributed by atoms with Crippen molar-refractivity contribution >= 4 is 23.1 Å². The number of nitrogen functional groups attached to an aromatic ring is 1. The second-order valence-corrected chi connectivity index (χ2v) is 5.61. The maximum atomic E-state index is 12.6. The number of nitrogens with zero attached hydrogens (tertiary/aromatic N) is 1. The Balaban J connectivity index is 2.51. The van der Waals surface area contributed by atoms with Crippen LogP contribution < -0.4 is 20.8 Å². The summed E-state index contributed by atoms with van der Waals surface area (Å²) in [5, 5.41) is 0.706. The number of pyridine rings is 1. The van der Waals surface area contributed by atoms with Gasteiger partial charge in [0, 0.05) is 17.6 Å². The molecule has 6 nitrogen and oxygen atoms in total. The van der Waals surface area contributed by atoms with E-state index >= 15 is 0 Å². The van der Waals surface area contributed by atoms with Crippen LogP contribution in [0.1, 0.15) is 39.5 Å². The monoisotopic (exact) mass is 332 g/mol. The molecule has 0 atom stereocenters. The van der Waals surface area contributed by atoms with Gasteiger partial charge < -0.3 is 19.8 Å². The van der Waals surface area contributed by atoms with E-state index < -0.39 is 5.56 Å². The van der Waals surface area contributed by atoms with E-state index in [2.05, 4.69) is 6.92 Å². The van der Waals surface area contributed by atoms with Crippen molar-refractivity contribution in [3.63, 3.8) is 0 Å². The molecule has 6 heteroatoms. The van der Waals surface area contributed by atoms with Gasteiger partial charge in [0.2, 0.25) is 5.75 Å². The summed E-state index contributed by atoms with van der Waals surface area (Å²) in [5.41, 5.74) is 6.69. The molecule has 130 valence electrons. The lowest BCUT2D eigenvalue weighted by molar-refractivity contribution is -0.120. The van der Waals surface area contributed by atoms with E-state index in [9.17, 15) is 9.59 Å². The number of nitrogens with two attached hydrogens (primary N) is 1. The van der Waals surface area contributed by atoms with Crippen molar-refractivity contribution in [2.45, 2.75) is 46.1 Å². The molecule has 0 spiro atoms. The molecule has 0 unspecified atom stereocenters. The van der Waals surface area contributed by atoms with Gasteiger partial charge in [-0.05, 0) is 31.5 Å². The largest absolute Gasteiger partial charge is 0.489 e. The van der Waals surface area contributed by atoms with E-state index in [1.54, 1.807) is 18.2 Å². The smallest absolute Gasteiger partial charge is 0.298 e. The Hall–Kier alpha value is -2.50. The van der Waals surface area contributed by atoms with Crippen LogP contribution in [0, 0.1) is 0 Å². The molecule has 2 rings (SSSR count). The van der Waals surface area contributed by atoms with Crippen molar-refractivity contribution in [1.29, 1.82) is 0 Å². The average molecular weight is 332 g/mol. The number of unbranched alkanes of at least 4 members (excludes halogenated alkanes) is 3. The highest BCUT2D eigenvalue weighted by atomic mass is 16.5. The van der Waals surface area contributed by atoms with Gasteiger partial charge in [-0.15, -0.1) is 0 Å². The van der Waals surface area contributed by atoms with Crippen LogP contribution in [0.3, 0.4) is 0 Å². The van der Waals surface area contributed by atoms with Gasteiger partial charge in [-0.3, -0.25) is 9.59 Å². The summed E-state index contributed by atoms with van der Waals surface area (Å²) in [6.07, 6.45) is 4.20. The normalized spacial score (nSPS) is 10.8. The molecule has 0 fully saturated rings. The van der Waals surface area contributed by atoms with Crippen LogP contribution in [-0.4, -0.2) is 17.6 Å². The standard InChI is InChI=1S/C18H24N2O4/c1-3-5-6-7-10-23-16-14-9-8-13(19)11-15(14)20(4-2)18(22)17(16)24-12-21/h8-9,11-12H,3-7,10,19H2,1-2H3. The zero-order valence-electron chi connectivity index (χ0n) is 14.2. The predicted octanol–water partition coefficient (Wildman–Crippen LogP) is 3.10. The molecule has 0 aliphatic carbocycles. The molecule has 0 aliphatic rings. The van der Waals surface area contributed by atoms with Crippen LogP contribution in [0.15, 0.2) is 23.0 Å². The Kier molecular flexibility index (Phi) is 6.23. The maximum absolute atomic E-state index is 12.6. The first-order chi connectivity index (χ1) is 11.6. The van der Waals surface area contributed by atoms with Gasteiger partial charge in [-0.1, -0.05) is 26.2 Å². The third kappa shape index (κ3) is 3.69. The molecule has 2 N–H and O–H groups in total. The Morgan fingerprint density at radius 2 is 1.96 bits per heavy atom. The second-order valence-electron chi connectivity index (χ2n) is 5.61. The summed E-state index contributed by atoms with van der Waals surface area (Å²) < 4.78 is 12.3. The number of carbonyl (C=O) groups excluding carboxylic acids is 1. The number of ether oxygens (including phenoxy) is 2. The fourth-order valence-corrected chi connectivity index (χ4v) is 2.73. The van der Waals surface area contributed by atoms with Gasteiger partial charge in [0.15, 0.2) is 5.75 Å². The lowest BCUT2D eigenvalue weighted by Gasteiger charge is -2.16. The van der Waals surface area contributed by atoms with Gasteiger partial charge in [0.1, 0.15) is 0 Å². The maximum Gasteiger partial charge on any atom is 0.298 e. The first kappa shape index (κ1) is 17.8. The Bertz CT molecular complexity index is 768. The Morgan fingerprint density at radius 3 is 2.62 bits per heavy atom. The van der Waals surface area contributed by atoms with Gasteiger partial charge in [-0.25, -0.2) is 0 Å². The third-order valence-electron chi connectivity index (χ3n) is 3.93. The van der Waals surface area contributed by atoms with E-state index in [4.69, 9.17) is 15.2 Å². The van der Waals surface area contributed by atoms with Crippen molar-refractivity contribution in [1.82, 2.24) is 4.57 Å². The lowest BCUT2D eigenvalue weighted by atomic mass is 10.1. The highest BCUT2D eigenvalue weighted by molar-refractivity contribution is 5.90. The highest BCUT2D eigenvalue weighted by Crippen LogP contribution is 2.33. The summed E-state index contributed by atoms with van der Waals surface area (Å²) >= 11 is 0. The van der Waals surface area contributed by atoms with Gasteiger partial charge >= 0.3 is 0 Å². The number of hydrogen-bond donors (Lipinski definition) is 1. The van der Waals surface area contributed by atoms with E-state index in [1.165, 1.54) is 4.57 Å². The van der Waals surface area contributed by atoms with Crippen molar-refractivity contribution < 1.29 is 14.3 Å². The third-order valence-corrected chi connectivity index (χ3v) is 3.93. The number of hydrogen-bond acceptors (Lipinski definition) is 5. The molecule has 1 aromatic heterocycles.